The molecular formula is C20H22N2O3. The number of aryl methyl sites for hydroxylation is 1. The zero-order chi connectivity index (χ0) is 17.8. The van der Waals surface area contributed by atoms with Crippen LogP contribution in [0.5, 0.6) is 0 Å². The Bertz CT molecular complexity index is 939. The molecule has 5 nitrogen and oxygen atoms in total. The van der Waals surface area contributed by atoms with Gasteiger partial charge in [-0.2, -0.15) is 0 Å². The Hall–Kier alpha value is -2.82. The van der Waals surface area contributed by atoms with Gasteiger partial charge in [-0.05, 0) is 24.6 Å². The number of H-pyrrole nitrogens is 1. The van der Waals surface area contributed by atoms with E-state index in [1.807, 2.05) is 24.3 Å². The molecule has 0 aliphatic rings. The molecule has 0 spiro atoms. The fraction of sp³-hybridized carbons (Fsp3) is 0.300. The number of carbonyl (C=O) groups excluding carboxylic acids is 1. The summed E-state index contributed by atoms with van der Waals surface area (Å²) >= 11 is 0. The van der Waals surface area contributed by atoms with E-state index in [1.54, 1.807) is 24.1 Å². The van der Waals surface area contributed by atoms with Crippen molar-refractivity contribution in [3.8, 4) is 0 Å². The van der Waals surface area contributed by atoms with Crippen LogP contribution < -0.4 is 5.56 Å². The number of amides is 1. The lowest BCUT2D eigenvalue weighted by Gasteiger charge is -2.17. The maximum Gasteiger partial charge on any atom is 0.260 e. The van der Waals surface area contributed by atoms with E-state index in [-0.39, 0.29) is 17.0 Å². The van der Waals surface area contributed by atoms with Crippen LogP contribution in [0.2, 0.25) is 0 Å². The van der Waals surface area contributed by atoms with Crippen LogP contribution >= 0.6 is 0 Å². The summed E-state index contributed by atoms with van der Waals surface area (Å²) in [5.74, 6) is 0.623. The van der Waals surface area contributed by atoms with Gasteiger partial charge in [0.2, 0.25) is 0 Å². The molecule has 0 saturated carbocycles. The van der Waals surface area contributed by atoms with Gasteiger partial charge in [-0.15, -0.1) is 0 Å². The molecule has 2 heterocycles. The number of aromatic amines is 1. The molecule has 3 rings (SSSR count). The number of nitrogens with zero attached hydrogens (tertiary/aromatic N) is 1. The largest absolute Gasteiger partial charge is 0.461 e. The quantitative estimate of drug-likeness (QED) is 0.744. The lowest BCUT2D eigenvalue weighted by Crippen LogP contribution is -2.31. The molecule has 0 saturated heterocycles. The molecule has 0 fully saturated rings. The molecule has 1 N–H and O–H groups in total. The molecule has 25 heavy (non-hydrogen) atoms. The highest BCUT2D eigenvalue weighted by Gasteiger charge is 2.20. The fourth-order valence-corrected chi connectivity index (χ4v) is 2.97. The number of fused-ring (bicyclic) bond motifs is 1. The average Bonchev–Trinajstić information content (AvgIpc) is 2.97. The molecule has 2 aromatic heterocycles. The number of unbranched alkanes of at least 4 members (excludes halogenated alkanes) is 1. The Labute approximate surface area is 146 Å². The molecule has 0 aliphatic heterocycles. The number of benzene rings is 1. The van der Waals surface area contributed by atoms with Gasteiger partial charge in [0.15, 0.2) is 0 Å². The van der Waals surface area contributed by atoms with E-state index in [2.05, 4.69) is 11.9 Å². The van der Waals surface area contributed by atoms with E-state index < -0.39 is 0 Å². The summed E-state index contributed by atoms with van der Waals surface area (Å²) in [4.78, 5) is 28.6. The number of nitrogens with one attached hydrogen (secondary N) is 1. The van der Waals surface area contributed by atoms with Gasteiger partial charge < -0.3 is 14.3 Å². The number of aromatic nitrogens is 1. The van der Waals surface area contributed by atoms with Gasteiger partial charge in [0.05, 0.1) is 0 Å². The Morgan fingerprint density at radius 2 is 2.00 bits per heavy atom. The van der Waals surface area contributed by atoms with Crippen LogP contribution in [-0.2, 0) is 13.0 Å². The van der Waals surface area contributed by atoms with Crippen LogP contribution in [-0.4, -0.2) is 22.8 Å². The zero-order valence-corrected chi connectivity index (χ0v) is 14.5. The number of pyridine rings is 1. The van der Waals surface area contributed by atoms with Crippen molar-refractivity contribution in [1.82, 2.24) is 9.88 Å². The third-order valence-electron chi connectivity index (χ3n) is 4.33. The molecule has 0 radical (unpaired) electrons. The van der Waals surface area contributed by atoms with Crippen molar-refractivity contribution in [3.05, 3.63) is 69.8 Å². The van der Waals surface area contributed by atoms with Gasteiger partial charge in [0.1, 0.15) is 16.9 Å². The molecule has 5 heteroatoms. The molecule has 130 valence electrons. The summed E-state index contributed by atoms with van der Waals surface area (Å²) in [6, 6.07) is 11.1. The monoisotopic (exact) mass is 338 g/mol. The third kappa shape index (κ3) is 3.50. The molecule has 0 aliphatic carbocycles. The summed E-state index contributed by atoms with van der Waals surface area (Å²) in [6.45, 7) is 2.54. The van der Waals surface area contributed by atoms with Crippen molar-refractivity contribution in [3.63, 3.8) is 0 Å². The van der Waals surface area contributed by atoms with E-state index in [0.29, 0.717) is 6.54 Å². The molecule has 3 aromatic rings. The van der Waals surface area contributed by atoms with E-state index in [4.69, 9.17) is 4.42 Å². The Balaban J connectivity index is 1.92. The van der Waals surface area contributed by atoms with E-state index in [9.17, 15) is 9.59 Å². The summed E-state index contributed by atoms with van der Waals surface area (Å²) in [7, 11) is 1.71. The van der Waals surface area contributed by atoms with Gasteiger partial charge in [-0.3, -0.25) is 9.59 Å². The summed E-state index contributed by atoms with van der Waals surface area (Å²) in [6.07, 6.45) is 4.47. The van der Waals surface area contributed by atoms with Crippen LogP contribution in [0, 0.1) is 0 Å². The second-order valence-electron chi connectivity index (χ2n) is 6.18. The van der Waals surface area contributed by atoms with Crippen LogP contribution in [0.4, 0.5) is 0 Å². The molecule has 0 bridgehead atoms. The minimum absolute atomic E-state index is 0.146. The average molecular weight is 338 g/mol. The first-order valence-corrected chi connectivity index (χ1v) is 8.54. The van der Waals surface area contributed by atoms with Crippen molar-refractivity contribution in [2.45, 2.75) is 32.7 Å². The Kier molecular flexibility index (Phi) is 5.03. The molecule has 0 unspecified atom stereocenters. The molecule has 1 amide bonds. The normalized spacial score (nSPS) is 11.0. The maximum absolute atomic E-state index is 12.6. The second-order valence-corrected chi connectivity index (χ2v) is 6.18. The predicted molar refractivity (Wildman–Crippen MR) is 97.7 cm³/mol. The number of para-hydroxylation sites is 1. The first-order valence-electron chi connectivity index (χ1n) is 8.54. The standard InChI is InChI=1S/C20H22N2O3/c1-3-4-10-18-16(14-8-5-6-11-17(14)25-18)13-22(2)20(24)15-9-7-12-21-19(15)23/h5-9,11-12H,3-4,10,13H2,1-2H3,(H,21,23). The van der Waals surface area contributed by atoms with Crippen molar-refractivity contribution >= 4 is 16.9 Å². The van der Waals surface area contributed by atoms with Gasteiger partial charge in [0, 0.05) is 37.2 Å². The SMILES string of the molecule is CCCCc1oc2ccccc2c1CN(C)C(=O)c1ccc[nH]c1=O. The van der Waals surface area contributed by atoms with Crippen LogP contribution in [0.3, 0.4) is 0 Å². The lowest BCUT2D eigenvalue weighted by molar-refractivity contribution is 0.0783. The highest BCUT2D eigenvalue weighted by atomic mass is 16.3. The van der Waals surface area contributed by atoms with Crippen LogP contribution in [0.25, 0.3) is 11.0 Å². The molecule has 0 atom stereocenters. The predicted octanol–water partition coefficient (Wildman–Crippen LogP) is 3.74. The van der Waals surface area contributed by atoms with E-state index in [1.165, 1.54) is 6.20 Å². The number of hydrogen-bond acceptors (Lipinski definition) is 3. The highest BCUT2D eigenvalue weighted by Crippen LogP contribution is 2.28. The zero-order valence-electron chi connectivity index (χ0n) is 14.5. The number of rotatable bonds is 6. The topological polar surface area (TPSA) is 66.3 Å². The number of hydrogen-bond donors (Lipinski definition) is 1. The molecule has 1 aromatic carbocycles. The second kappa shape index (κ2) is 7.38. The molecular weight excluding hydrogens is 316 g/mol. The lowest BCUT2D eigenvalue weighted by atomic mass is 10.1. The first kappa shape index (κ1) is 17.0. The summed E-state index contributed by atoms with van der Waals surface area (Å²) in [5, 5.41) is 1.02. The van der Waals surface area contributed by atoms with Crippen molar-refractivity contribution in [1.29, 1.82) is 0 Å². The van der Waals surface area contributed by atoms with Gasteiger partial charge in [-0.25, -0.2) is 0 Å². The minimum Gasteiger partial charge on any atom is -0.461 e. The van der Waals surface area contributed by atoms with Crippen molar-refractivity contribution in [2.75, 3.05) is 7.05 Å². The Morgan fingerprint density at radius 3 is 2.76 bits per heavy atom. The third-order valence-corrected chi connectivity index (χ3v) is 4.33. The smallest absolute Gasteiger partial charge is 0.260 e. The minimum atomic E-state index is -0.373. The highest BCUT2D eigenvalue weighted by molar-refractivity contribution is 5.94. The number of carbonyl (C=O) groups is 1. The first-order chi connectivity index (χ1) is 12.1. The van der Waals surface area contributed by atoms with Gasteiger partial charge >= 0.3 is 0 Å². The fourth-order valence-electron chi connectivity index (χ4n) is 2.97. The summed E-state index contributed by atoms with van der Waals surface area (Å²) < 4.78 is 6.01. The Morgan fingerprint density at radius 1 is 1.20 bits per heavy atom. The number of furan rings is 1. The van der Waals surface area contributed by atoms with E-state index >= 15 is 0 Å². The van der Waals surface area contributed by atoms with Crippen molar-refractivity contribution in [2.24, 2.45) is 0 Å². The van der Waals surface area contributed by atoms with E-state index in [0.717, 1.165) is 41.6 Å². The van der Waals surface area contributed by atoms with Gasteiger partial charge in [-0.1, -0.05) is 31.5 Å². The maximum atomic E-state index is 12.6. The van der Waals surface area contributed by atoms with Crippen molar-refractivity contribution < 1.29 is 9.21 Å². The summed E-state index contributed by atoms with van der Waals surface area (Å²) in [5.41, 5.74) is 1.63. The van der Waals surface area contributed by atoms with Crippen LogP contribution in [0.15, 0.2) is 51.8 Å². The van der Waals surface area contributed by atoms with Gasteiger partial charge in [0.25, 0.3) is 11.5 Å². The van der Waals surface area contributed by atoms with Crippen LogP contribution in [0.1, 0.15) is 41.4 Å².